The molecule has 28 heavy (non-hydrogen) atoms. The van der Waals surface area contributed by atoms with E-state index >= 15 is 0 Å². The normalized spacial score (nSPS) is 13.3. The van der Waals surface area contributed by atoms with Gasteiger partial charge >= 0.3 is 0 Å². The minimum absolute atomic E-state index is 0.00943. The molecule has 0 saturated heterocycles. The quantitative estimate of drug-likeness (QED) is 0.693. The van der Waals surface area contributed by atoms with Crippen LogP contribution in [0.3, 0.4) is 0 Å². The molecule has 0 atom stereocenters. The number of benzene rings is 2. The second kappa shape index (κ2) is 7.34. The number of carbonyl (C=O) groups is 1. The van der Waals surface area contributed by atoms with Crippen molar-refractivity contribution in [2.24, 2.45) is 0 Å². The van der Waals surface area contributed by atoms with E-state index in [1.54, 1.807) is 25.2 Å². The van der Waals surface area contributed by atoms with Crippen molar-refractivity contribution in [2.45, 2.75) is 19.5 Å². The van der Waals surface area contributed by atoms with Crippen LogP contribution in [0.2, 0.25) is 0 Å². The van der Waals surface area contributed by atoms with Gasteiger partial charge in [-0.1, -0.05) is 12.1 Å². The average molecular weight is 379 g/mol. The van der Waals surface area contributed by atoms with Crippen LogP contribution in [0, 0.1) is 0 Å². The maximum atomic E-state index is 12.9. The summed E-state index contributed by atoms with van der Waals surface area (Å²) in [5.41, 5.74) is 3.25. The average Bonchev–Trinajstić information content (AvgIpc) is 2.74. The first-order valence-corrected chi connectivity index (χ1v) is 9.07. The van der Waals surface area contributed by atoms with Gasteiger partial charge in [0, 0.05) is 13.1 Å². The molecule has 4 rings (SSSR count). The summed E-state index contributed by atoms with van der Waals surface area (Å²) in [6.45, 7) is 1.07. The van der Waals surface area contributed by atoms with Gasteiger partial charge in [0.15, 0.2) is 11.5 Å². The number of amides is 1. The zero-order valence-corrected chi connectivity index (χ0v) is 15.8. The van der Waals surface area contributed by atoms with Crippen molar-refractivity contribution in [3.63, 3.8) is 0 Å². The molecule has 0 radical (unpaired) electrons. The van der Waals surface area contributed by atoms with Crippen LogP contribution in [0.15, 0.2) is 47.4 Å². The number of hydrogen-bond acceptors (Lipinski definition) is 5. The molecule has 1 aliphatic heterocycles. The van der Waals surface area contributed by atoms with Crippen molar-refractivity contribution in [1.29, 1.82) is 0 Å². The summed E-state index contributed by atoms with van der Waals surface area (Å²) in [4.78, 5) is 31.2. The molecule has 1 amide bonds. The second-order valence-electron chi connectivity index (χ2n) is 6.71. The van der Waals surface area contributed by atoms with Crippen molar-refractivity contribution in [2.75, 3.05) is 20.8 Å². The van der Waals surface area contributed by atoms with E-state index in [4.69, 9.17) is 9.47 Å². The lowest BCUT2D eigenvalue weighted by atomic mass is 9.98. The predicted molar refractivity (Wildman–Crippen MR) is 105 cm³/mol. The molecule has 0 spiro atoms. The zero-order valence-electron chi connectivity index (χ0n) is 15.8. The van der Waals surface area contributed by atoms with Crippen LogP contribution in [0.25, 0.3) is 11.0 Å². The maximum Gasteiger partial charge on any atom is 0.269 e. The molecule has 1 aromatic heterocycles. The first-order valence-electron chi connectivity index (χ1n) is 9.07. The van der Waals surface area contributed by atoms with Gasteiger partial charge in [0.2, 0.25) is 5.91 Å². The third-order valence-electron chi connectivity index (χ3n) is 5.12. The topological polar surface area (TPSA) is 73.7 Å². The van der Waals surface area contributed by atoms with E-state index in [0.29, 0.717) is 35.6 Å². The van der Waals surface area contributed by atoms with Crippen LogP contribution in [-0.4, -0.2) is 41.1 Å². The Kier molecular flexibility index (Phi) is 4.73. The van der Waals surface area contributed by atoms with Gasteiger partial charge in [-0.25, -0.2) is 4.98 Å². The maximum absolute atomic E-state index is 12.9. The Morgan fingerprint density at radius 2 is 1.82 bits per heavy atom. The number of carbonyl (C=O) groups excluding carboxylic acids is 1. The van der Waals surface area contributed by atoms with E-state index < -0.39 is 0 Å². The number of hydrogen-bond donors (Lipinski definition) is 0. The van der Waals surface area contributed by atoms with Gasteiger partial charge in [-0.2, -0.15) is 0 Å². The largest absolute Gasteiger partial charge is 0.493 e. The fourth-order valence-electron chi connectivity index (χ4n) is 3.61. The molecule has 0 unspecified atom stereocenters. The van der Waals surface area contributed by atoms with Crippen LogP contribution < -0.4 is 15.0 Å². The first kappa shape index (κ1) is 18.0. The van der Waals surface area contributed by atoms with E-state index in [9.17, 15) is 9.59 Å². The molecule has 0 saturated carbocycles. The molecule has 3 aromatic rings. The van der Waals surface area contributed by atoms with Crippen LogP contribution in [0.4, 0.5) is 0 Å². The van der Waals surface area contributed by atoms with Gasteiger partial charge in [0.1, 0.15) is 6.54 Å². The number of rotatable bonds is 4. The smallest absolute Gasteiger partial charge is 0.269 e. The van der Waals surface area contributed by atoms with Crippen LogP contribution in [-0.2, 0) is 24.3 Å². The fourth-order valence-corrected chi connectivity index (χ4v) is 3.61. The molecule has 0 aliphatic carbocycles. The van der Waals surface area contributed by atoms with Crippen molar-refractivity contribution in [1.82, 2.24) is 14.5 Å². The van der Waals surface area contributed by atoms with Crippen molar-refractivity contribution in [3.05, 3.63) is 64.1 Å². The van der Waals surface area contributed by atoms with E-state index in [1.807, 2.05) is 30.3 Å². The molecular formula is C21H21N3O4. The minimum atomic E-state index is -0.282. The number of ether oxygens (including phenoxy) is 2. The predicted octanol–water partition coefficient (Wildman–Crippen LogP) is 2.00. The lowest BCUT2D eigenvalue weighted by Gasteiger charge is -2.30. The SMILES string of the molecule is COc1cc2c(cc1OC)CN(C(=O)Cn1c(=O)cnc3ccccc31)CC2. The molecule has 2 heterocycles. The highest BCUT2D eigenvalue weighted by Crippen LogP contribution is 2.33. The zero-order chi connectivity index (χ0) is 19.7. The van der Waals surface area contributed by atoms with Crippen LogP contribution in [0.1, 0.15) is 11.1 Å². The third-order valence-corrected chi connectivity index (χ3v) is 5.12. The molecule has 0 N–H and O–H groups in total. The Morgan fingerprint density at radius 3 is 2.57 bits per heavy atom. The summed E-state index contributed by atoms with van der Waals surface area (Å²) >= 11 is 0. The van der Waals surface area contributed by atoms with E-state index in [0.717, 1.165) is 17.5 Å². The lowest BCUT2D eigenvalue weighted by Crippen LogP contribution is -2.39. The summed E-state index contributed by atoms with van der Waals surface area (Å²) in [6.07, 6.45) is 1.99. The highest BCUT2D eigenvalue weighted by atomic mass is 16.5. The second-order valence-corrected chi connectivity index (χ2v) is 6.71. The van der Waals surface area contributed by atoms with E-state index in [-0.39, 0.29) is 18.0 Å². The molecule has 2 aromatic carbocycles. The number of aromatic nitrogens is 2. The molecule has 1 aliphatic rings. The van der Waals surface area contributed by atoms with Gasteiger partial charge in [0.05, 0.1) is 31.4 Å². The summed E-state index contributed by atoms with van der Waals surface area (Å²) < 4.78 is 12.2. The standard InChI is InChI=1S/C21H21N3O4/c1-27-18-9-14-7-8-23(12-15(14)10-19(18)28-2)21(26)13-24-17-6-4-3-5-16(17)22-11-20(24)25/h3-6,9-11H,7-8,12-13H2,1-2H3. The fraction of sp³-hybridized carbons (Fsp3) is 0.286. The molecule has 0 fully saturated rings. The summed E-state index contributed by atoms with van der Waals surface area (Å²) in [6, 6.07) is 11.2. The minimum Gasteiger partial charge on any atom is -0.493 e. The molecular weight excluding hydrogens is 358 g/mol. The third kappa shape index (κ3) is 3.19. The molecule has 7 nitrogen and oxygen atoms in total. The van der Waals surface area contributed by atoms with Gasteiger partial charge in [-0.15, -0.1) is 0 Å². The van der Waals surface area contributed by atoms with Crippen LogP contribution >= 0.6 is 0 Å². The Morgan fingerprint density at radius 1 is 1.11 bits per heavy atom. The highest BCUT2D eigenvalue weighted by molar-refractivity contribution is 5.80. The van der Waals surface area contributed by atoms with Crippen molar-refractivity contribution in [3.8, 4) is 11.5 Å². The van der Waals surface area contributed by atoms with Crippen molar-refractivity contribution >= 4 is 16.9 Å². The van der Waals surface area contributed by atoms with Gasteiger partial charge in [-0.05, 0) is 41.8 Å². The highest BCUT2D eigenvalue weighted by Gasteiger charge is 2.23. The Hall–Kier alpha value is -3.35. The van der Waals surface area contributed by atoms with Gasteiger partial charge < -0.3 is 14.4 Å². The Balaban J connectivity index is 1.60. The summed E-state index contributed by atoms with van der Waals surface area (Å²) in [5, 5.41) is 0. The number of nitrogens with zero attached hydrogens (tertiary/aromatic N) is 3. The molecule has 7 heteroatoms. The van der Waals surface area contributed by atoms with E-state index in [1.165, 1.54) is 10.8 Å². The summed E-state index contributed by atoms with van der Waals surface area (Å²) in [5.74, 6) is 1.24. The Labute approximate surface area is 162 Å². The Bertz CT molecular complexity index is 1110. The number of fused-ring (bicyclic) bond motifs is 2. The van der Waals surface area contributed by atoms with Gasteiger partial charge in [0.25, 0.3) is 5.56 Å². The first-order chi connectivity index (χ1) is 13.6. The lowest BCUT2D eigenvalue weighted by molar-refractivity contribution is -0.132. The monoisotopic (exact) mass is 379 g/mol. The van der Waals surface area contributed by atoms with Crippen molar-refractivity contribution < 1.29 is 14.3 Å². The summed E-state index contributed by atoms with van der Waals surface area (Å²) in [7, 11) is 3.20. The molecule has 144 valence electrons. The van der Waals surface area contributed by atoms with Gasteiger partial charge in [-0.3, -0.25) is 14.2 Å². The van der Waals surface area contributed by atoms with E-state index in [2.05, 4.69) is 4.98 Å². The number of para-hydroxylation sites is 2. The van der Waals surface area contributed by atoms with Crippen LogP contribution in [0.5, 0.6) is 11.5 Å². The molecule has 0 bridgehead atoms. The number of methoxy groups -OCH3 is 2.